The Labute approximate surface area is 125 Å². The van der Waals surface area contributed by atoms with Crippen LogP contribution < -0.4 is 5.73 Å². The smallest absolute Gasteiger partial charge is 0.410 e. The third-order valence-corrected chi connectivity index (χ3v) is 2.58. The Balaban J connectivity index is 0.00000361. The van der Waals surface area contributed by atoms with E-state index in [4.69, 9.17) is 20.3 Å². The van der Waals surface area contributed by atoms with E-state index in [1.165, 1.54) is 0 Å². The predicted molar refractivity (Wildman–Crippen MR) is 78.1 cm³/mol. The molecule has 1 amide bonds. The number of carbonyl (C=O) groups excluding carboxylic acids is 1. The highest BCUT2D eigenvalue weighted by Crippen LogP contribution is 2.19. The number of nitrogens with zero attached hydrogens (tertiary/aromatic N) is 1. The third-order valence-electron chi connectivity index (χ3n) is 2.58. The van der Waals surface area contributed by atoms with Gasteiger partial charge in [0.2, 0.25) is 0 Å². The number of ether oxygens (including phenoxy) is 2. The lowest BCUT2D eigenvalue weighted by Gasteiger charge is -2.39. The summed E-state index contributed by atoms with van der Waals surface area (Å²) >= 11 is 0. The molecule has 0 aromatic heterocycles. The van der Waals surface area contributed by atoms with Crippen molar-refractivity contribution in [3.05, 3.63) is 0 Å². The molecule has 1 heterocycles. The molecule has 0 radical (unpaired) electrons. The van der Waals surface area contributed by atoms with Crippen LogP contribution in [-0.4, -0.2) is 60.0 Å². The second kappa shape index (κ2) is 7.70. The van der Waals surface area contributed by atoms with Gasteiger partial charge in [-0.15, -0.1) is 0 Å². The Morgan fingerprint density at radius 1 is 1.40 bits per heavy atom. The van der Waals surface area contributed by atoms with Crippen LogP contribution in [0.25, 0.3) is 0 Å². The van der Waals surface area contributed by atoms with Crippen molar-refractivity contribution in [3.8, 4) is 0 Å². The Morgan fingerprint density at radius 2 is 1.95 bits per heavy atom. The Bertz CT molecular complexity index is 339. The van der Waals surface area contributed by atoms with Crippen LogP contribution in [0, 0.1) is 5.92 Å². The molecule has 0 aromatic carbocycles. The summed E-state index contributed by atoms with van der Waals surface area (Å²) in [5.74, 6) is -0.863. The van der Waals surface area contributed by atoms with Crippen molar-refractivity contribution < 1.29 is 24.2 Å². The van der Waals surface area contributed by atoms with E-state index in [1.54, 1.807) is 4.90 Å². The van der Waals surface area contributed by atoms with E-state index in [9.17, 15) is 9.59 Å². The van der Waals surface area contributed by atoms with Crippen molar-refractivity contribution in [2.45, 2.75) is 32.4 Å². The summed E-state index contributed by atoms with van der Waals surface area (Å²) < 4.78 is 10.4. The first kappa shape index (κ1) is 19.0. The van der Waals surface area contributed by atoms with Crippen LogP contribution >= 0.6 is 13.5 Å². The van der Waals surface area contributed by atoms with Crippen LogP contribution in [0.4, 0.5) is 4.79 Å². The second-order valence-electron chi connectivity index (χ2n) is 5.73. The minimum absolute atomic E-state index is 0. The number of likely N-dealkylation sites (tertiary alicyclic amines) is 1. The van der Waals surface area contributed by atoms with E-state index < -0.39 is 17.6 Å². The summed E-state index contributed by atoms with van der Waals surface area (Å²) in [6.07, 6.45) is -0.328. The molecule has 1 aliphatic heterocycles. The predicted octanol–water partition coefficient (Wildman–Crippen LogP) is 0.395. The molecule has 20 heavy (non-hydrogen) atoms. The lowest BCUT2D eigenvalue weighted by Crippen LogP contribution is -2.53. The Morgan fingerprint density at radius 3 is 2.40 bits per heavy atom. The lowest BCUT2D eigenvalue weighted by molar-refractivity contribution is -0.140. The highest BCUT2D eigenvalue weighted by molar-refractivity contribution is 7.59. The molecule has 7 nitrogen and oxygen atoms in total. The van der Waals surface area contributed by atoms with Crippen LogP contribution in [0.3, 0.4) is 0 Å². The molecular formula is C12H24N2O5S. The first-order valence-electron chi connectivity index (χ1n) is 6.23. The van der Waals surface area contributed by atoms with Gasteiger partial charge in [0.25, 0.3) is 0 Å². The van der Waals surface area contributed by atoms with E-state index in [-0.39, 0.29) is 32.1 Å². The summed E-state index contributed by atoms with van der Waals surface area (Å²) in [6.45, 7) is 6.97. The van der Waals surface area contributed by atoms with Gasteiger partial charge in [0.15, 0.2) is 0 Å². The van der Waals surface area contributed by atoms with Gasteiger partial charge in [-0.2, -0.15) is 13.5 Å². The second-order valence-corrected chi connectivity index (χ2v) is 5.73. The molecule has 0 spiro atoms. The lowest BCUT2D eigenvalue weighted by atomic mass is 10.0. The van der Waals surface area contributed by atoms with Gasteiger partial charge in [-0.3, -0.25) is 4.79 Å². The zero-order chi connectivity index (χ0) is 14.6. The van der Waals surface area contributed by atoms with E-state index in [0.717, 1.165) is 0 Å². The maximum Gasteiger partial charge on any atom is 0.410 e. The maximum atomic E-state index is 11.6. The molecule has 8 heteroatoms. The summed E-state index contributed by atoms with van der Waals surface area (Å²) in [7, 11) is 0. The molecule has 0 unspecified atom stereocenters. The molecule has 1 atom stereocenters. The molecule has 1 saturated heterocycles. The van der Waals surface area contributed by atoms with Crippen LogP contribution in [0.5, 0.6) is 0 Å². The largest absolute Gasteiger partial charge is 0.480 e. The number of carboxylic acid groups (broad SMARTS) is 1. The number of amides is 1. The Hall–Kier alpha value is -0.990. The molecule has 1 fully saturated rings. The van der Waals surface area contributed by atoms with Gasteiger partial charge in [-0.05, 0) is 20.8 Å². The highest BCUT2D eigenvalue weighted by Gasteiger charge is 2.33. The minimum atomic E-state index is -1.08. The molecule has 0 aromatic rings. The van der Waals surface area contributed by atoms with Crippen molar-refractivity contribution in [2.75, 3.05) is 26.3 Å². The molecule has 1 aliphatic rings. The average molecular weight is 308 g/mol. The van der Waals surface area contributed by atoms with Gasteiger partial charge < -0.3 is 25.2 Å². The van der Waals surface area contributed by atoms with Crippen LogP contribution in [-0.2, 0) is 14.3 Å². The van der Waals surface area contributed by atoms with Gasteiger partial charge in [-0.25, -0.2) is 4.79 Å². The molecule has 118 valence electrons. The van der Waals surface area contributed by atoms with Crippen molar-refractivity contribution in [2.24, 2.45) is 11.7 Å². The first-order valence-corrected chi connectivity index (χ1v) is 6.23. The first-order chi connectivity index (χ1) is 8.69. The molecule has 3 N–H and O–H groups in total. The average Bonchev–Trinajstić information content (AvgIpc) is 2.17. The van der Waals surface area contributed by atoms with Crippen LogP contribution in [0.1, 0.15) is 20.8 Å². The van der Waals surface area contributed by atoms with E-state index in [2.05, 4.69) is 0 Å². The van der Waals surface area contributed by atoms with E-state index in [0.29, 0.717) is 19.7 Å². The monoisotopic (exact) mass is 308 g/mol. The fourth-order valence-electron chi connectivity index (χ4n) is 1.58. The van der Waals surface area contributed by atoms with Crippen molar-refractivity contribution in [1.82, 2.24) is 4.90 Å². The number of carboxylic acids is 1. The number of aliphatic carboxylic acids is 1. The summed E-state index contributed by atoms with van der Waals surface area (Å²) in [4.78, 5) is 23.7. The summed E-state index contributed by atoms with van der Waals surface area (Å²) in [5.41, 5.74) is 4.80. The van der Waals surface area contributed by atoms with Crippen molar-refractivity contribution in [3.63, 3.8) is 0 Å². The summed E-state index contributed by atoms with van der Waals surface area (Å²) in [5, 5.41) is 8.57. The van der Waals surface area contributed by atoms with E-state index >= 15 is 0 Å². The standard InChI is InChI=1S/C12H22N2O5.H2S/c1-12(2,3)19-11(17)14-4-8(5-14)6-18-7-9(13)10(15)16;/h8-9H,4-7,13H2,1-3H3,(H,15,16);1H2/t9-;/m0./s1. The van der Waals surface area contributed by atoms with Crippen molar-refractivity contribution in [1.29, 1.82) is 0 Å². The Kier molecular flexibility index (Phi) is 7.32. The molecular weight excluding hydrogens is 284 g/mol. The fraction of sp³-hybridized carbons (Fsp3) is 0.833. The van der Waals surface area contributed by atoms with Crippen LogP contribution in [0.2, 0.25) is 0 Å². The number of nitrogens with two attached hydrogens (primary N) is 1. The van der Waals surface area contributed by atoms with Crippen LogP contribution in [0.15, 0.2) is 0 Å². The minimum Gasteiger partial charge on any atom is -0.480 e. The van der Waals surface area contributed by atoms with Crippen molar-refractivity contribution >= 4 is 25.6 Å². The quantitative estimate of drug-likeness (QED) is 0.762. The number of rotatable bonds is 5. The topological polar surface area (TPSA) is 102 Å². The zero-order valence-corrected chi connectivity index (χ0v) is 13.1. The maximum absolute atomic E-state index is 11.6. The normalized spacial score (nSPS) is 16.9. The van der Waals surface area contributed by atoms with Gasteiger partial charge in [0.1, 0.15) is 11.6 Å². The number of hydrogen-bond donors (Lipinski definition) is 2. The molecule has 0 bridgehead atoms. The van der Waals surface area contributed by atoms with Gasteiger partial charge in [0, 0.05) is 19.0 Å². The fourth-order valence-corrected chi connectivity index (χ4v) is 1.58. The number of hydrogen-bond acceptors (Lipinski definition) is 5. The summed E-state index contributed by atoms with van der Waals surface area (Å²) in [6, 6.07) is -0.998. The van der Waals surface area contributed by atoms with Gasteiger partial charge in [-0.1, -0.05) is 0 Å². The molecule has 0 aliphatic carbocycles. The number of carbonyl (C=O) groups is 2. The van der Waals surface area contributed by atoms with Gasteiger partial charge >= 0.3 is 12.1 Å². The van der Waals surface area contributed by atoms with E-state index in [1.807, 2.05) is 20.8 Å². The molecule has 0 saturated carbocycles. The molecule has 1 rings (SSSR count). The SMILES string of the molecule is CC(C)(C)OC(=O)N1CC(COC[C@H](N)C(=O)O)C1.S. The zero-order valence-electron chi connectivity index (χ0n) is 12.1. The third kappa shape index (κ3) is 6.44. The van der Waals surface area contributed by atoms with Gasteiger partial charge in [0.05, 0.1) is 13.2 Å². The highest BCUT2D eigenvalue weighted by atomic mass is 32.1.